The van der Waals surface area contributed by atoms with Crippen LogP contribution in [-0.2, 0) is 9.31 Å². The standard InChI is InChI=1S/C10H16BO2/c1-9(2)6-4-7(9)10(3)8(5-6)12-11-13-10/h6-8H,4-5H2,1-3H3/t6-,7-,8+,10-/m0/s1. The van der Waals surface area contributed by atoms with Gasteiger partial charge >= 0.3 is 7.69 Å². The van der Waals surface area contributed by atoms with Gasteiger partial charge in [-0.25, -0.2) is 0 Å². The molecule has 0 spiro atoms. The molecule has 71 valence electrons. The molecule has 1 saturated heterocycles. The van der Waals surface area contributed by atoms with Gasteiger partial charge in [-0.3, -0.25) is 0 Å². The zero-order valence-electron chi connectivity index (χ0n) is 8.54. The number of hydrogen-bond donors (Lipinski definition) is 0. The number of rotatable bonds is 0. The Labute approximate surface area is 80.3 Å². The second-order valence-electron chi connectivity index (χ2n) is 5.56. The fourth-order valence-electron chi connectivity index (χ4n) is 3.65. The van der Waals surface area contributed by atoms with E-state index >= 15 is 0 Å². The SMILES string of the molecule is CC1(C)[C@@H]2C[C@H]3O[B]O[C@@]3(C)[C@H]1C2. The third kappa shape index (κ3) is 0.786. The van der Waals surface area contributed by atoms with Crippen molar-refractivity contribution in [3.8, 4) is 0 Å². The Kier molecular flexibility index (Phi) is 1.37. The summed E-state index contributed by atoms with van der Waals surface area (Å²) in [7, 11) is 1.56. The monoisotopic (exact) mass is 179 g/mol. The van der Waals surface area contributed by atoms with E-state index in [1.54, 1.807) is 7.69 Å². The van der Waals surface area contributed by atoms with Crippen molar-refractivity contribution in [2.24, 2.45) is 17.3 Å². The van der Waals surface area contributed by atoms with Crippen molar-refractivity contribution < 1.29 is 9.31 Å². The van der Waals surface area contributed by atoms with E-state index in [2.05, 4.69) is 20.8 Å². The highest BCUT2D eigenvalue weighted by Crippen LogP contribution is 2.65. The van der Waals surface area contributed by atoms with E-state index in [1.807, 2.05) is 0 Å². The lowest BCUT2D eigenvalue weighted by molar-refractivity contribution is -0.199. The molecule has 13 heavy (non-hydrogen) atoms. The van der Waals surface area contributed by atoms with Crippen molar-refractivity contribution in [1.82, 2.24) is 0 Å². The average molecular weight is 179 g/mol. The lowest BCUT2D eigenvalue weighted by Gasteiger charge is -2.64. The summed E-state index contributed by atoms with van der Waals surface area (Å²) in [6, 6.07) is 0. The van der Waals surface area contributed by atoms with Gasteiger partial charge in [0.25, 0.3) is 0 Å². The van der Waals surface area contributed by atoms with Crippen molar-refractivity contribution in [1.29, 1.82) is 0 Å². The molecule has 1 aliphatic heterocycles. The maximum atomic E-state index is 5.68. The van der Waals surface area contributed by atoms with Crippen molar-refractivity contribution in [3.05, 3.63) is 0 Å². The van der Waals surface area contributed by atoms with Crippen molar-refractivity contribution in [3.63, 3.8) is 0 Å². The van der Waals surface area contributed by atoms with E-state index in [0.717, 1.165) is 5.92 Å². The quantitative estimate of drug-likeness (QED) is 0.527. The molecule has 0 aromatic heterocycles. The van der Waals surface area contributed by atoms with Gasteiger partial charge in [0.2, 0.25) is 0 Å². The van der Waals surface area contributed by atoms with Crippen molar-refractivity contribution in [2.75, 3.05) is 0 Å². The molecule has 3 saturated carbocycles. The van der Waals surface area contributed by atoms with Crippen LogP contribution < -0.4 is 0 Å². The average Bonchev–Trinajstić information content (AvgIpc) is 2.44. The van der Waals surface area contributed by atoms with E-state index in [1.165, 1.54) is 12.8 Å². The first kappa shape index (κ1) is 8.31. The third-order valence-electron chi connectivity index (χ3n) is 4.82. The van der Waals surface area contributed by atoms with Crippen LogP contribution in [0.5, 0.6) is 0 Å². The molecule has 2 bridgehead atoms. The molecule has 0 aromatic carbocycles. The molecule has 0 aromatic rings. The fraction of sp³-hybridized carbons (Fsp3) is 1.00. The predicted molar refractivity (Wildman–Crippen MR) is 50.1 cm³/mol. The van der Waals surface area contributed by atoms with Gasteiger partial charge in [-0.05, 0) is 37.0 Å². The second kappa shape index (κ2) is 2.14. The summed E-state index contributed by atoms with van der Waals surface area (Å²) in [6.07, 6.45) is 2.83. The lowest BCUT2D eigenvalue weighted by Crippen LogP contribution is -2.65. The lowest BCUT2D eigenvalue weighted by atomic mass is 9.43. The highest BCUT2D eigenvalue weighted by molar-refractivity contribution is 6.19. The molecule has 3 aliphatic carbocycles. The topological polar surface area (TPSA) is 18.5 Å². The van der Waals surface area contributed by atoms with E-state index in [4.69, 9.17) is 9.31 Å². The highest BCUT2D eigenvalue weighted by Gasteiger charge is 2.65. The summed E-state index contributed by atoms with van der Waals surface area (Å²) in [5.41, 5.74) is 0.436. The van der Waals surface area contributed by atoms with Crippen LogP contribution in [0.4, 0.5) is 0 Å². The molecular weight excluding hydrogens is 163 g/mol. The van der Waals surface area contributed by atoms with E-state index in [-0.39, 0.29) is 5.60 Å². The van der Waals surface area contributed by atoms with Gasteiger partial charge in [-0.1, -0.05) is 13.8 Å². The smallest absolute Gasteiger partial charge is 0.407 e. The van der Waals surface area contributed by atoms with Gasteiger partial charge < -0.3 is 9.31 Å². The summed E-state index contributed by atoms with van der Waals surface area (Å²) in [5, 5.41) is 0. The number of hydrogen-bond acceptors (Lipinski definition) is 2. The van der Waals surface area contributed by atoms with Crippen LogP contribution in [-0.4, -0.2) is 19.4 Å². The minimum absolute atomic E-state index is 0.0295. The van der Waals surface area contributed by atoms with E-state index in [0.29, 0.717) is 17.4 Å². The first-order valence-electron chi connectivity index (χ1n) is 5.20. The van der Waals surface area contributed by atoms with Gasteiger partial charge in [0.15, 0.2) is 0 Å². The molecular formula is C10H16BO2. The minimum Gasteiger partial charge on any atom is -0.407 e. The summed E-state index contributed by atoms with van der Waals surface area (Å²) in [6.45, 7) is 6.95. The van der Waals surface area contributed by atoms with Crippen LogP contribution in [0.3, 0.4) is 0 Å². The van der Waals surface area contributed by atoms with Crippen molar-refractivity contribution in [2.45, 2.75) is 45.3 Å². The Morgan fingerprint density at radius 1 is 1.23 bits per heavy atom. The van der Waals surface area contributed by atoms with Gasteiger partial charge in [-0.15, -0.1) is 0 Å². The predicted octanol–water partition coefficient (Wildman–Crippen LogP) is 1.76. The molecule has 4 rings (SSSR count). The molecule has 0 amide bonds. The van der Waals surface area contributed by atoms with Gasteiger partial charge in [0.1, 0.15) is 0 Å². The Bertz CT molecular complexity index is 253. The van der Waals surface area contributed by atoms with Crippen LogP contribution in [0, 0.1) is 17.3 Å². The Morgan fingerprint density at radius 2 is 2.00 bits per heavy atom. The van der Waals surface area contributed by atoms with Crippen LogP contribution in [0.1, 0.15) is 33.6 Å². The first-order valence-corrected chi connectivity index (χ1v) is 5.20. The Hall–Kier alpha value is -0.0151. The maximum absolute atomic E-state index is 5.68. The summed E-state index contributed by atoms with van der Waals surface area (Å²) >= 11 is 0. The Balaban J connectivity index is 1.97. The van der Waals surface area contributed by atoms with Crippen LogP contribution >= 0.6 is 0 Å². The largest absolute Gasteiger partial charge is 0.488 e. The zero-order valence-corrected chi connectivity index (χ0v) is 8.54. The third-order valence-corrected chi connectivity index (χ3v) is 4.82. The molecule has 4 atom stereocenters. The molecule has 2 nitrogen and oxygen atoms in total. The van der Waals surface area contributed by atoms with Crippen LogP contribution in [0.25, 0.3) is 0 Å². The van der Waals surface area contributed by atoms with E-state index in [9.17, 15) is 0 Å². The highest BCUT2D eigenvalue weighted by atomic mass is 16.6. The van der Waals surface area contributed by atoms with Crippen LogP contribution in [0.2, 0.25) is 0 Å². The molecule has 0 unspecified atom stereocenters. The molecule has 4 aliphatic rings. The molecule has 0 N–H and O–H groups in total. The van der Waals surface area contributed by atoms with E-state index < -0.39 is 0 Å². The maximum Gasteiger partial charge on any atom is 0.488 e. The minimum atomic E-state index is -0.0295. The normalized spacial score (nSPS) is 56.4. The molecule has 3 heteroatoms. The fourth-order valence-corrected chi connectivity index (χ4v) is 3.65. The summed E-state index contributed by atoms with van der Waals surface area (Å²) in [5.74, 6) is 1.54. The van der Waals surface area contributed by atoms with Gasteiger partial charge in [0.05, 0.1) is 11.7 Å². The van der Waals surface area contributed by atoms with Crippen LogP contribution in [0.15, 0.2) is 0 Å². The molecule has 1 heterocycles. The Morgan fingerprint density at radius 3 is 2.69 bits per heavy atom. The van der Waals surface area contributed by atoms with Crippen molar-refractivity contribution >= 4 is 7.69 Å². The van der Waals surface area contributed by atoms with Gasteiger partial charge in [0, 0.05) is 0 Å². The summed E-state index contributed by atoms with van der Waals surface area (Å²) < 4.78 is 11.2. The second-order valence-corrected chi connectivity index (χ2v) is 5.56. The first-order chi connectivity index (χ1) is 6.05. The molecule has 4 fully saturated rings. The molecule has 1 radical (unpaired) electrons. The summed E-state index contributed by atoms with van der Waals surface area (Å²) in [4.78, 5) is 0. The van der Waals surface area contributed by atoms with Gasteiger partial charge in [-0.2, -0.15) is 0 Å². The zero-order chi connectivity index (χ0) is 9.27.